The van der Waals surface area contributed by atoms with Crippen molar-refractivity contribution in [3.8, 4) is 5.75 Å². The number of hydrogen-bond acceptors (Lipinski definition) is 3. The number of amides is 3. The first-order valence-electron chi connectivity index (χ1n) is 8.01. The fraction of sp³-hybridized carbons (Fsp3) is 0.529. The zero-order chi connectivity index (χ0) is 16.9. The first-order chi connectivity index (χ1) is 10.9. The number of urea groups is 1. The van der Waals surface area contributed by atoms with E-state index in [9.17, 15) is 9.59 Å². The van der Waals surface area contributed by atoms with Gasteiger partial charge in [0.1, 0.15) is 17.4 Å². The fourth-order valence-corrected chi connectivity index (χ4v) is 2.42. The van der Waals surface area contributed by atoms with E-state index in [1.165, 1.54) is 0 Å². The molecule has 1 atom stereocenters. The summed E-state index contributed by atoms with van der Waals surface area (Å²) >= 11 is 0. The molecule has 3 amide bonds. The van der Waals surface area contributed by atoms with Crippen molar-refractivity contribution in [3.63, 3.8) is 0 Å². The van der Waals surface area contributed by atoms with Crippen molar-refractivity contribution in [1.29, 1.82) is 0 Å². The van der Waals surface area contributed by atoms with Crippen LogP contribution in [0.15, 0.2) is 24.3 Å². The molecule has 6 heteroatoms. The van der Waals surface area contributed by atoms with Gasteiger partial charge in [0.15, 0.2) is 0 Å². The predicted octanol–water partition coefficient (Wildman–Crippen LogP) is 1.59. The van der Waals surface area contributed by atoms with Crippen LogP contribution in [-0.4, -0.2) is 36.7 Å². The van der Waals surface area contributed by atoms with Crippen molar-refractivity contribution in [1.82, 2.24) is 16.0 Å². The molecule has 0 radical (unpaired) electrons. The fourth-order valence-electron chi connectivity index (χ4n) is 2.42. The van der Waals surface area contributed by atoms with Gasteiger partial charge in [-0.1, -0.05) is 25.1 Å². The lowest BCUT2D eigenvalue weighted by atomic mass is 10.0. The number of fused-ring (bicyclic) bond motifs is 1. The molecule has 126 valence electrons. The summed E-state index contributed by atoms with van der Waals surface area (Å²) in [5.41, 5.74) is 0.173. The third-order valence-corrected chi connectivity index (χ3v) is 3.73. The Kier molecular flexibility index (Phi) is 5.47. The van der Waals surface area contributed by atoms with E-state index in [-0.39, 0.29) is 18.0 Å². The minimum absolute atomic E-state index is 0.0685. The predicted molar refractivity (Wildman–Crippen MR) is 88.5 cm³/mol. The molecule has 0 saturated carbocycles. The van der Waals surface area contributed by atoms with Crippen LogP contribution in [-0.2, 0) is 11.2 Å². The monoisotopic (exact) mass is 319 g/mol. The van der Waals surface area contributed by atoms with E-state index in [0.717, 1.165) is 24.2 Å². The SMILES string of the molecule is CCCNC(=O)NC(C)(C)C(=O)NCC1Cc2ccccc2O1. The molecule has 0 aliphatic carbocycles. The summed E-state index contributed by atoms with van der Waals surface area (Å²) in [7, 11) is 0. The van der Waals surface area contributed by atoms with Gasteiger partial charge in [-0.25, -0.2) is 4.79 Å². The second-order valence-corrected chi connectivity index (χ2v) is 6.27. The molecular weight excluding hydrogens is 294 g/mol. The maximum atomic E-state index is 12.3. The van der Waals surface area contributed by atoms with Crippen LogP contribution in [0.1, 0.15) is 32.8 Å². The van der Waals surface area contributed by atoms with Crippen molar-refractivity contribution < 1.29 is 14.3 Å². The Morgan fingerprint density at radius 1 is 1.26 bits per heavy atom. The van der Waals surface area contributed by atoms with Gasteiger partial charge in [0.25, 0.3) is 0 Å². The average Bonchev–Trinajstić information content (AvgIpc) is 2.92. The third kappa shape index (κ3) is 4.61. The number of para-hydroxylation sites is 1. The van der Waals surface area contributed by atoms with Gasteiger partial charge in [-0.15, -0.1) is 0 Å². The molecule has 1 aliphatic rings. The lowest BCUT2D eigenvalue weighted by molar-refractivity contribution is -0.126. The minimum atomic E-state index is -0.983. The topological polar surface area (TPSA) is 79.5 Å². The standard InChI is InChI=1S/C17H25N3O3/c1-4-9-18-16(22)20-17(2,3)15(21)19-11-13-10-12-7-5-6-8-14(12)23-13/h5-8,13H,4,9-11H2,1-3H3,(H,19,21)(H2,18,20,22). The molecule has 1 aromatic carbocycles. The van der Waals surface area contributed by atoms with E-state index < -0.39 is 5.54 Å². The van der Waals surface area contributed by atoms with E-state index >= 15 is 0 Å². The summed E-state index contributed by atoms with van der Waals surface area (Å²) < 4.78 is 5.79. The Balaban J connectivity index is 1.79. The highest BCUT2D eigenvalue weighted by Crippen LogP contribution is 2.27. The molecule has 23 heavy (non-hydrogen) atoms. The first-order valence-corrected chi connectivity index (χ1v) is 8.01. The van der Waals surface area contributed by atoms with Gasteiger partial charge in [-0.3, -0.25) is 4.79 Å². The molecule has 3 N–H and O–H groups in total. The lowest BCUT2D eigenvalue weighted by Crippen LogP contribution is -2.58. The Morgan fingerprint density at radius 3 is 2.70 bits per heavy atom. The van der Waals surface area contributed by atoms with Crippen molar-refractivity contribution in [2.24, 2.45) is 0 Å². The Morgan fingerprint density at radius 2 is 2.00 bits per heavy atom. The minimum Gasteiger partial charge on any atom is -0.488 e. The summed E-state index contributed by atoms with van der Waals surface area (Å²) in [6.07, 6.45) is 1.56. The van der Waals surface area contributed by atoms with Crippen molar-refractivity contribution >= 4 is 11.9 Å². The van der Waals surface area contributed by atoms with Crippen LogP contribution in [0.25, 0.3) is 0 Å². The summed E-state index contributed by atoms with van der Waals surface area (Å²) in [6, 6.07) is 7.53. The zero-order valence-corrected chi connectivity index (χ0v) is 13.9. The molecule has 1 aliphatic heterocycles. The molecule has 6 nitrogen and oxygen atoms in total. The van der Waals surface area contributed by atoms with Crippen LogP contribution in [0.5, 0.6) is 5.75 Å². The summed E-state index contributed by atoms with van der Waals surface area (Å²) in [5.74, 6) is 0.645. The van der Waals surface area contributed by atoms with Gasteiger partial charge in [-0.2, -0.15) is 0 Å². The highest BCUT2D eigenvalue weighted by Gasteiger charge is 2.31. The summed E-state index contributed by atoms with van der Waals surface area (Å²) in [5, 5.41) is 8.23. The lowest BCUT2D eigenvalue weighted by Gasteiger charge is -2.26. The molecule has 2 rings (SSSR count). The number of hydrogen-bond donors (Lipinski definition) is 3. The average molecular weight is 319 g/mol. The molecule has 0 aromatic heterocycles. The Bertz CT molecular complexity index is 547. The molecule has 1 unspecified atom stereocenters. The van der Waals surface area contributed by atoms with E-state index in [4.69, 9.17) is 4.74 Å². The quantitative estimate of drug-likeness (QED) is 0.745. The molecule has 0 saturated heterocycles. The maximum absolute atomic E-state index is 12.3. The van der Waals surface area contributed by atoms with Crippen LogP contribution < -0.4 is 20.7 Å². The maximum Gasteiger partial charge on any atom is 0.315 e. The molecular formula is C17H25N3O3. The number of nitrogens with one attached hydrogen (secondary N) is 3. The van der Waals surface area contributed by atoms with Crippen LogP contribution in [0.4, 0.5) is 4.79 Å². The number of ether oxygens (including phenoxy) is 1. The highest BCUT2D eigenvalue weighted by molar-refractivity contribution is 5.90. The Labute approximate surface area is 137 Å². The van der Waals surface area contributed by atoms with E-state index in [0.29, 0.717) is 13.1 Å². The summed E-state index contributed by atoms with van der Waals surface area (Å²) in [4.78, 5) is 24.0. The summed E-state index contributed by atoms with van der Waals surface area (Å²) in [6.45, 7) is 6.32. The van der Waals surface area contributed by atoms with Gasteiger partial charge >= 0.3 is 6.03 Å². The van der Waals surface area contributed by atoms with Gasteiger partial charge < -0.3 is 20.7 Å². The third-order valence-electron chi connectivity index (χ3n) is 3.73. The van der Waals surface area contributed by atoms with Crippen LogP contribution in [0.3, 0.4) is 0 Å². The second kappa shape index (κ2) is 7.35. The van der Waals surface area contributed by atoms with E-state index in [2.05, 4.69) is 16.0 Å². The van der Waals surface area contributed by atoms with Gasteiger partial charge in [0.2, 0.25) is 5.91 Å². The van der Waals surface area contributed by atoms with Gasteiger partial charge in [0, 0.05) is 13.0 Å². The highest BCUT2D eigenvalue weighted by atomic mass is 16.5. The van der Waals surface area contributed by atoms with Gasteiger partial charge in [0.05, 0.1) is 6.54 Å². The number of carbonyl (C=O) groups excluding carboxylic acids is 2. The largest absolute Gasteiger partial charge is 0.488 e. The van der Waals surface area contributed by atoms with Crippen LogP contribution in [0, 0.1) is 0 Å². The van der Waals surface area contributed by atoms with Gasteiger partial charge in [-0.05, 0) is 31.9 Å². The Hall–Kier alpha value is -2.24. The molecule has 0 bridgehead atoms. The first kappa shape index (κ1) is 17.1. The number of carbonyl (C=O) groups is 2. The van der Waals surface area contributed by atoms with Crippen LogP contribution in [0.2, 0.25) is 0 Å². The smallest absolute Gasteiger partial charge is 0.315 e. The molecule has 1 aromatic rings. The van der Waals surface area contributed by atoms with Crippen LogP contribution >= 0.6 is 0 Å². The normalized spacial score (nSPS) is 16.2. The van der Waals surface area contributed by atoms with Crippen molar-refractivity contribution in [2.45, 2.75) is 45.3 Å². The molecule has 1 heterocycles. The number of rotatable bonds is 6. The molecule has 0 fully saturated rings. The number of benzene rings is 1. The van der Waals surface area contributed by atoms with Crippen molar-refractivity contribution in [2.75, 3.05) is 13.1 Å². The zero-order valence-electron chi connectivity index (χ0n) is 13.9. The molecule has 0 spiro atoms. The van der Waals surface area contributed by atoms with E-state index in [1.807, 2.05) is 31.2 Å². The van der Waals surface area contributed by atoms with E-state index in [1.54, 1.807) is 13.8 Å². The van der Waals surface area contributed by atoms with Crippen molar-refractivity contribution in [3.05, 3.63) is 29.8 Å². The second-order valence-electron chi connectivity index (χ2n) is 6.27.